The maximum absolute atomic E-state index is 5.74. The summed E-state index contributed by atoms with van der Waals surface area (Å²) >= 11 is 0. The van der Waals surface area contributed by atoms with Crippen LogP contribution in [0.4, 0.5) is 0 Å². The molecule has 1 saturated heterocycles. The molecule has 0 radical (unpaired) electrons. The number of hydrogen-bond donors (Lipinski definition) is 0. The van der Waals surface area contributed by atoms with Gasteiger partial charge in [-0.2, -0.15) is 10.1 Å². The third-order valence-corrected chi connectivity index (χ3v) is 3.60. The maximum Gasteiger partial charge on any atom is 0.224 e. The largest absolute Gasteiger partial charge is 0.481 e. The lowest BCUT2D eigenvalue weighted by Crippen LogP contribution is -2.18. The van der Waals surface area contributed by atoms with Crippen molar-refractivity contribution in [3.8, 4) is 22.9 Å². The molecule has 1 aliphatic heterocycles. The molecular formula is C15H19N3O3. The summed E-state index contributed by atoms with van der Waals surface area (Å²) < 4.78 is 18.1. The lowest BCUT2D eigenvalue weighted by atomic mass is 10.1. The van der Waals surface area contributed by atoms with E-state index in [9.17, 15) is 0 Å². The van der Waals surface area contributed by atoms with Gasteiger partial charge >= 0.3 is 0 Å². The Morgan fingerprint density at radius 2 is 2.14 bits per heavy atom. The minimum Gasteiger partial charge on any atom is -0.481 e. The number of aromatic nitrogens is 3. The minimum absolute atomic E-state index is 0.0321. The van der Waals surface area contributed by atoms with Crippen LogP contribution < -0.4 is 9.47 Å². The van der Waals surface area contributed by atoms with E-state index in [0.717, 1.165) is 30.6 Å². The van der Waals surface area contributed by atoms with Gasteiger partial charge in [-0.05, 0) is 25.3 Å². The first kappa shape index (κ1) is 13.9. The van der Waals surface area contributed by atoms with Crippen LogP contribution in [-0.2, 0) is 4.74 Å². The zero-order chi connectivity index (χ0) is 14.7. The summed E-state index contributed by atoms with van der Waals surface area (Å²) in [5.74, 6) is 1.05. The van der Waals surface area contributed by atoms with Gasteiger partial charge in [0, 0.05) is 30.0 Å². The molecule has 6 heteroatoms. The molecule has 6 nitrogen and oxygen atoms in total. The molecule has 0 saturated carbocycles. The molecule has 0 aliphatic carbocycles. The maximum atomic E-state index is 5.74. The number of nitrogens with zero attached hydrogens (tertiary/aromatic N) is 3. The van der Waals surface area contributed by atoms with E-state index in [1.807, 2.05) is 29.2 Å². The number of rotatable bonds is 4. The average Bonchev–Trinajstić information content (AvgIpc) is 3.04. The van der Waals surface area contributed by atoms with Crippen LogP contribution in [0, 0.1) is 0 Å². The van der Waals surface area contributed by atoms with Crippen molar-refractivity contribution in [3.05, 3.63) is 24.5 Å². The molecule has 0 bridgehead atoms. The Bertz CT molecular complexity index is 606. The standard InChI is InChI=1S/C15H19N3O3/c1-19-13-7-6-12(15(17-13)20-2)11-9-16-18(10-11)14-5-3-4-8-21-14/h6-7,9-10,14H,3-5,8H2,1-2H3/t14-/m0/s1. The molecule has 1 aliphatic rings. The molecule has 112 valence electrons. The Kier molecular flexibility index (Phi) is 4.06. The fraction of sp³-hybridized carbons (Fsp3) is 0.467. The van der Waals surface area contributed by atoms with Gasteiger partial charge in [-0.3, -0.25) is 0 Å². The van der Waals surface area contributed by atoms with Gasteiger partial charge in [0.15, 0.2) is 0 Å². The van der Waals surface area contributed by atoms with Crippen molar-refractivity contribution in [1.82, 2.24) is 14.8 Å². The van der Waals surface area contributed by atoms with E-state index in [1.54, 1.807) is 14.2 Å². The molecule has 21 heavy (non-hydrogen) atoms. The van der Waals surface area contributed by atoms with E-state index >= 15 is 0 Å². The van der Waals surface area contributed by atoms with Crippen LogP contribution in [0.3, 0.4) is 0 Å². The molecule has 3 heterocycles. The zero-order valence-electron chi connectivity index (χ0n) is 12.3. The van der Waals surface area contributed by atoms with E-state index in [-0.39, 0.29) is 6.23 Å². The topological polar surface area (TPSA) is 58.4 Å². The van der Waals surface area contributed by atoms with Crippen molar-refractivity contribution in [1.29, 1.82) is 0 Å². The van der Waals surface area contributed by atoms with Gasteiger partial charge in [0.25, 0.3) is 0 Å². The van der Waals surface area contributed by atoms with Crippen molar-refractivity contribution in [3.63, 3.8) is 0 Å². The van der Waals surface area contributed by atoms with Crippen molar-refractivity contribution >= 4 is 0 Å². The predicted molar refractivity (Wildman–Crippen MR) is 77.4 cm³/mol. The van der Waals surface area contributed by atoms with Crippen LogP contribution in [0.2, 0.25) is 0 Å². The Hall–Kier alpha value is -2.08. The van der Waals surface area contributed by atoms with Gasteiger partial charge in [0.2, 0.25) is 11.8 Å². The van der Waals surface area contributed by atoms with Gasteiger partial charge in [-0.25, -0.2) is 4.68 Å². The molecule has 1 fully saturated rings. The quantitative estimate of drug-likeness (QED) is 0.866. The fourth-order valence-corrected chi connectivity index (χ4v) is 2.48. The van der Waals surface area contributed by atoms with Gasteiger partial charge in [-0.15, -0.1) is 0 Å². The zero-order valence-corrected chi connectivity index (χ0v) is 12.3. The van der Waals surface area contributed by atoms with Crippen molar-refractivity contribution in [2.75, 3.05) is 20.8 Å². The Balaban J connectivity index is 1.88. The van der Waals surface area contributed by atoms with E-state index < -0.39 is 0 Å². The molecule has 0 N–H and O–H groups in total. The average molecular weight is 289 g/mol. The van der Waals surface area contributed by atoms with E-state index in [1.165, 1.54) is 6.42 Å². The summed E-state index contributed by atoms with van der Waals surface area (Å²) in [5, 5.41) is 4.41. The second kappa shape index (κ2) is 6.13. The summed E-state index contributed by atoms with van der Waals surface area (Å²) in [7, 11) is 3.18. The molecule has 1 atom stereocenters. The SMILES string of the molecule is COc1ccc(-c2cnn([C@@H]3CCCCO3)c2)c(OC)n1. The first-order chi connectivity index (χ1) is 10.3. The van der Waals surface area contributed by atoms with E-state index in [2.05, 4.69) is 10.1 Å². The summed E-state index contributed by atoms with van der Waals surface area (Å²) in [6, 6.07) is 3.74. The first-order valence-electron chi connectivity index (χ1n) is 7.07. The van der Waals surface area contributed by atoms with Crippen molar-refractivity contribution in [2.24, 2.45) is 0 Å². The van der Waals surface area contributed by atoms with Gasteiger partial charge in [0.1, 0.15) is 6.23 Å². The molecule has 0 spiro atoms. The highest BCUT2D eigenvalue weighted by Gasteiger charge is 2.18. The second-order valence-electron chi connectivity index (χ2n) is 4.94. The second-order valence-corrected chi connectivity index (χ2v) is 4.94. The molecule has 3 rings (SSSR count). The number of methoxy groups -OCH3 is 2. The van der Waals surface area contributed by atoms with Crippen molar-refractivity contribution in [2.45, 2.75) is 25.5 Å². The van der Waals surface area contributed by atoms with E-state index in [0.29, 0.717) is 11.8 Å². The highest BCUT2D eigenvalue weighted by atomic mass is 16.5. The van der Waals surface area contributed by atoms with Crippen LogP contribution in [0.25, 0.3) is 11.1 Å². The minimum atomic E-state index is 0.0321. The lowest BCUT2D eigenvalue weighted by molar-refractivity contribution is -0.0394. The summed E-state index contributed by atoms with van der Waals surface area (Å²) in [4.78, 5) is 4.30. The van der Waals surface area contributed by atoms with Crippen LogP contribution in [0.1, 0.15) is 25.5 Å². The normalized spacial score (nSPS) is 18.5. The highest BCUT2D eigenvalue weighted by molar-refractivity contribution is 5.67. The Labute approximate surface area is 123 Å². The Morgan fingerprint density at radius 1 is 1.24 bits per heavy atom. The molecule has 2 aromatic heterocycles. The first-order valence-corrected chi connectivity index (χ1v) is 7.07. The van der Waals surface area contributed by atoms with Gasteiger partial charge in [-0.1, -0.05) is 0 Å². The lowest BCUT2D eigenvalue weighted by Gasteiger charge is -2.22. The van der Waals surface area contributed by atoms with Crippen LogP contribution >= 0.6 is 0 Å². The summed E-state index contributed by atoms with van der Waals surface area (Å²) in [5.41, 5.74) is 1.84. The summed E-state index contributed by atoms with van der Waals surface area (Å²) in [6.07, 6.45) is 7.11. The summed E-state index contributed by atoms with van der Waals surface area (Å²) in [6.45, 7) is 0.799. The fourth-order valence-electron chi connectivity index (χ4n) is 2.48. The van der Waals surface area contributed by atoms with Crippen LogP contribution in [0.15, 0.2) is 24.5 Å². The van der Waals surface area contributed by atoms with Crippen LogP contribution in [-0.4, -0.2) is 35.6 Å². The Morgan fingerprint density at radius 3 is 2.86 bits per heavy atom. The molecule has 0 amide bonds. The molecule has 2 aromatic rings. The smallest absolute Gasteiger partial charge is 0.224 e. The third kappa shape index (κ3) is 2.85. The monoisotopic (exact) mass is 289 g/mol. The molecule has 0 unspecified atom stereocenters. The molecule has 0 aromatic carbocycles. The van der Waals surface area contributed by atoms with E-state index in [4.69, 9.17) is 14.2 Å². The van der Waals surface area contributed by atoms with Gasteiger partial charge < -0.3 is 14.2 Å². The highest BCUT2D eigenvalue weighted by Crippen LogP contribution is 2.31. The number of pyridine rings is 1. The predicted octanol–water partition coefficient (Wildman–Crippen LogP) is 2.66. The molecular weight excluding hydrogens is 270 g/mol. The number of hydrogen-bond acceptors (Lipinski definition) is 5. The van der Waals surface area contributed by atoms with Crippen molar-refractivity contribution < 1.29 is 14.2 Å². The third-order valence-electron chi connectivity index (χ3n) is 3.60. The number of ether oxygens (including phenoxy) is 3. The van der Waals surface area contributed by atoms with Gasteiger partial charge in [0.05, 0.1) is 20.4 Å². The van der Waals surface area contributed by atoms with Crippen LogP contribution in [0.5, 0.6) is 11.8 Å².